The summed E-state index contributed by atoms with van der Waals surface area (Å²) in [7, 11) is 1.77. The van der Waals surface area contributed by atoms with Crippen molar-refractivity contribution in [3.8, 4) is 0 Å². The number of fused-ring (bicyclic) bond motifs is 1. The predicted molar refractivity (Wildman–Crippen MR) is 87.3 cm³/mol. The van der Waals surface area contributed by atoms with Crippen LogP contribution in [0.25, 0.3) is 0 Å². The van der Waals surface area contributed by atoms with Crippen molar-refractivity contribution in [1.82, 2.24) is 9.88 Å². The van der Waals surface area contributed by atoms with Crippen molar-refractivity contribution in [2.24, 2.45) is 7.05 Å². The van der Waals surface area contributed by atoms with E-state index in [1.54, 1.807) is 29.4 Å². The highest BCUT2D eigenvalue weighted by Crippen LogP contribution is 2.40. The van der Waals surface area contributed by atoms with Gasteiger partial charge in [-0.3, -0.25) is 9.69 Å². The number of carboxylic acids is 1. The Morgan fingerprint density at radius 3 is 3.00 bits per heavy atom. The molecule has 1 aromatic rings. The summed E-state index contributed by atoms with van der Waals surface area (Å²) in [6.07, 6.45) is 0.407. The van der Waals surface area contributed by atoms with Crippen molar-refractivity contribution in [3.63, 3.8) is 0 Å². The average molecular weight is 354 g/mol. The van der Waals surface area contributed by atoms with Crippen LogP contribution < -0.4 is 16.0 Å². The maximum atomic E-state index is 11.7. The molecule has 2 aliphatic heterocycles. The molecule has 0 saturated carbocycles. The predicted octanol–water partition coefficient (Wildman–Crippen LogP) is -0.193. The molecule has 0 bridgehead atoms. The van der Waals surface area contributed by atoms with Gasteiger partial charge in [0, 0.05) is 11.5 Å². The summed E-state index contributed by atoms with van der Waals surface area (Å²) in [5, 5.41) is 10.0. The first-order chi connectivity index (χ1) is 10.9. The van der Waals surface area contributed by atoms with Crippen LogP contribution in [0.15, 0.2) is 22.5 Å². The number of aromatic nitrogens is 2. The maximum absolute atomic E-state index is 11.7. The summed E-state index contributed by atoms with van der Waals surface area (Å²) in [5.74, 6) is 0.580. The van der Waals surface area contributed by atoms with Crippen molar-refractivity contribution in [1.29, 1.82) is 0 Å². The van der Waals surface area contributed by atoms with Crippen LogP contribution in [-0.4, -0.2) is 43.7 Å². The van der Waals surface area contributed by atoms with Crippen LogP contribution in [0.1, 0.15) is 6.42 Å². The molecule has 3 heterocycles. The van der Waals surface area contributed by atoms with Gasteiger partial charge in [-0.05, 0) is 17.3 Å². The Morgan fingerprint density at radius 2 is 2.35 bits per heavy atom. The van der Waals surface area contributed by atoms with Crippen LogP contribution >= 0.6 is 23.5 Å². The molecule has 23 heavy (non-hydrogen) atoms. The van der Waals surface area contributed by atoms with Crippen LogP contribution in [0.4, 0.5) is 11.6 Å². The minimum Gasteiger partial charge on any atom is -0.477 e. The quantitative estimate of drug-likeness (QED) is 0.294. The Hall–Kier alpha value is -1.94. The molecule has 1 amide bonds. The molecule has 8 nitrogen and oxygen atoms in total. The second kappa shape index (κ2) is 5.93. The SMILES string of the molecule is C[n+]1c(N)cc(N)nc1SCC1=C(C(=O)O)N2C(=O)CC2SC1. The lowest BCUT2D eigenvalue weighted by Gasteiger charge is -2.43. The zero-order valence-corrected chi connectivity index (χ0v) is 14.0. The van der Waals surface area contributed by atoms with Gasteiger partial charge >= 0.3 is 11.1 Å². The zero-order valence-electron chi connectivity index (χ0n) is 12.4. The number of carboxylic acid groups (broad SMARTS) is 1. The third kappa shape index (κ3) is 2.83. The molecule has 2 aliphatic rings. The molecule has 1 atom stereocenters. The molecule has 1 fully saturated rings. The van der Waals surface area contributed by atoms with Gasteiger partial charge in [0.25, 0.3) is 0 Å². The molecule has 3 rings (SSSR count). The highest BCUT2D eigenvalue weighted by atomic mass is 32.2. The number of anilines is 2. The molecule has 0 aliphatic carbocycles. The third-order valence-electron chi connectivity index (χ3n) is 3.70. The van der Waals surface area contributed by atoms with Gasteiger partial charge in [0.05, 0.1) is 24.9 Å². The number of carbonyl (C=O) groups is 2. The van der Waals surface area contributed by atoms with Crippen molar-refractivity contribution >= 4 is 47.0 Å². The number of amides is 1. The van der Waals surface area contributed by atoms with Gasteiger partial charge in [0.15, 0.2) is 0 Å². The second-order valence-electron chi connectivity index (χ2n) is 5.23. The summed E-state index contributed by atoms with van der Waals surface area (Å²) < 4.78 is 1.69. The van der Waals surface area contributed by atoms with Crippen molar-refractivity contribution in [2.75, 3.05) is 23.0 Å². The first kappa shape index (κ1) is 15.9. The van der Waals surface area contributed by atoms with Crippen LogP contribution in [0, 0.1) is 0 Å². The number of carbonyl (C=O) groups excluding carboxylic acids is 1. The monoisotopic (exact) mass is 354 g/mol. The Bertz CT molecular complexity index is 737. The molecule has 5 N–H and O–H groups in total. The highest BCUT2D eigenvalue weighted by molar-refractivity contribution is 8.00. The third-order valence-corrected chi connectivity index (χ3v) is 6.10. The molecule has 1 unspecified atom stereocenters. The number of hydrogen-bond acceptors (Lipinski definition) is 7. The van der Waals surface area contributed by atoms with Gasteiger partial charge in [-0.25, -0.2) is 9.36 Å². The smallest absolute Gasteiger partial charge is 0.352 e. The second-order valence-corrected chi connectivity index (χ2v) is 7.34. The normalized spacial score (nSPS) is 20.3. The van der Waals surface area contributed by atoms with E-state index < -0.39 is 5.97 Å². The first-order valence-electron chi connectivity index (χ1n) is 6.82. The number of nitrogen functional groups attached to an aromatic ring is 2. The fourth-order valence-corrected chi connectivity index (χ4v) is 4.85. The van der Waals surface area contributed by atoms with Crippen LogP contribution in [0.5, 0.6) is 0 Å². The van der Waals surface area contributed by atoms with E-state index in [9.17, 15) is 14.7 Å². The minimum absolute atomic E-state index is 0.0420. The fourth-order valence-electron chi connectivity index (χ4n) is 2.45. The summed E-state index contributed by atoms with van der Waals surface area (Å²) in [6.45, 7) is 0. The molecule has 1 aromatic heterocycles. The van der Waals surface area contributed by atoms with E-state index in [-0.39, 0.29) is 17.0 Å². The van der Waals surface area contributed by atoms with Crippen LogP contribution in [0.3, 0.4) is 0 Å². The standard InChI is InChI=1S/C13H15N5O3S2/c1-17-8(15)2-7(14)16-13(17)23-5-6-4-22-10-3-9(19)18(10)11(6)12(20)21/h2,10H,3-5H2,1H3,(H4,14,15,20,21)/p+1. The van der Waals surface area contributed by atoms with Gasteiger partial charge in [-0.2, -0.15) is 0 Å². The van der Waals surface area contributed by atoms with Gasteiger partial charge in [0.1, 0.15) is 5.70 Å². The van der Waals surface area contributed by atoms with Gasteiger partial charge in [-0.15, -0.1) is 11.8 Å². The number of rotatable bonds is 4. The molecule has 0 aromatic carbocycles. The number of thioether (sulfide) groups is 2. The molecular weight excluding hydrogens is 338 g/mol. The maximum Gasteiger partial charge on any atom is 0.352 e. The summed E-state index contributed by atoms with van der Waals surface area (Å²) in [4.78, 5) is 28.9. The molecule has 1 saturated heterocycles. The van der Waals surface area contributed by atoms with E-state index in [0.717, 1.165) is 0 Å². The molecular formula is C13H16N5O3S2+. The summed E-state index contributed by atoms with van der Waals surface area (Å²) in [6, 6.07) is 1.56. The van der Waals surface area contributed by atoms with Gasteiger partial charge in [-0.1, -0.05) is 4.98 Å². The number of hydrogen-bond donors (Lipinski definition) is 3. The highest BCUT2D eigenvalue weighted by Gasteiger charge is 2.45. The molecule has 0 spiro atoms. The summed E-state index contributed by atoms with van der Waals surface area (Å²) >= 11 is 2.94. The molecule has 10 heteroatoms. The lowest BCUT2D eigenvalue weighted by molar-refractivity contribution is -0.698. The van der Waals surface area contributed by atoms with E-state index in [2.05, 4.69) is 4.98 Å². The lowest BCUT2D eigenvalue weighted by Crippen LogP contribution is -2.54. The minimum atomic E-state index is -1.07. The number of nitrogens with two attached hydrogens (primary N) is 2. The number of aliphatic carboxylic acids is 1. The van der Waals surface area contributed by atoms with Crippen LogP contribution in [0.2, 0.25) is 0 Å². The molecule has 0 radical (unpaired) electrons. The average Bonchev–Trinajstić information content (AvgIpc) is 2.48. The zero-order chi connectivity index (χ0) is 16.7. The van der Waals surface area contributed by atoms with E-state index in [4.69, 9.17) is 11.5 Å². The fraction of sp³-hybridized carbons (Fsp3) is 0.385. The number of nitrogens with zero attached hydrogens (tertiary/aromatic N) is 3. The van der Waals surface area contributed by atoms with Crippen molar-refractivity contribution < 1.29 is 19.3 Å². The topological polar surface area (TPSA) is 126 Å². The number of β-lactam (4-membered cyclic amide) rings is 1. The Balaban J connectivity index is 1.85. The van der Waals surface area contributed by atoms with Gasteiger partial charge < -0.3 is 16.6 Å². The van der Waals surface area contributed by atoms with Crippen molar-refractivity contribution in [3.05, 3.63) is 17.3 Å². The first-order valence-corrected chi connectivity index (χ1v) is 8.85. The van der Waals surface area contributed by atoms with E-state index in [1.165, 1.54) is 16.7 Å². The Labute approximate surface area is 140 Å². The van der Waals surface area contributed by atoms with Gasteiger partial charge in [0.2, 0.25) is 17.5 Å². The van der Waals surface area contributed by atoms with Crippen LogP contribution in [-0.2, 0) is 16.6 Å². The lowest BCUT2D eigenvalue weighted by atomic mass is 10.1. The Kier molecular flexibility index (Phi) is 4.11. The Morgan fingerprint density at radius 1 is 1.61 bits per heavy atom. The summed E-state index contributed by atoms with van der Waals surface area (Å²) in [5.41, 5.74) is 12.4. The molecule has 122 valence electrons. The van der Waals surface area contributed by atoms with Crippen molar-refractivity contribution in [2.45, 2.75) is 17.0 Å². The van der Waals surface area contributed by atoms with E-state index >= 15 is 0 Å². The van der Waals surface area contributed by atoms with E-state index in [0.29, 0.717) is 40.3 Å². The largest absolute Gasteiger partial charge is 0.477 e. The van der Waals surface area contributed by atoms with E-state index in [1.807, 2.05) is 0 Å².